The monoisotopic (exact) mass is 337 g/mol. The summed E-state index contributed by atoms with van der Waals surface area (Å²) in [6.45, 7) is 12.0. The summed E-state index contributed by atoms with van der Waals surface area (Å²) in [5.41, 5.74) is 0.387. The summed E-state index contributed by atoms with van der Waals surface area (Å²) >= 11 is 0. The van der Waals surface area contributed by atoms with Crippen molar-refractivity contribution < 1.29 is 4.79 Å². The van der Waals surface area contributed by atoms with E-state index in [9.17, 15) is 4.79 Å². The topological polar surface area (TPSA) is 60.0 Å². The van der Waals surface area contributed by atoms with Crippen molar-refractivity contribution in [2.75, 3.05) is 46.3 Å². The average Bonchev–Trinajstić information content (AvgIpc) is 3.31. The van der Waals surface area contributed by atoms with E-state index in [-0.39, 0.29) is 5.91 Å². The molecule has 6 nitrogen and oxygen atoms in total. The number of nitrogens with zero attached hydrogens (tertiary/aromatic N) is 3. The van der Waals surface area contributed by atoms with Crippen molar-refractivity contribution in [2.24, 2.45) is 10.4 Å². The number of amides is 1. The SMILES string of the molecule is CN=C(NCCCC(C)(C)C)N1CCN(CC(=O)NC2CC2)CC1. The molecule has 0 bridgehead atoms. The highest BCUT2D eigenvalue weighted by atomic mass is 16.2. The predicted octanol–water partition coefficient (Wildman–Crippen LogP) is 1.28. The van der Waals surface area contributed by atoms with Gasteiger partial charge >= 0.3 is 0 Å². The predicted molar refractivity (Wildman–Crippen MR) is 99.2 cm³/mol. The fourth-order valence-corrected chi connectivity index (χ4v) is 2.97. The van der Waals surface area contributed by atoms with Crippen LogP contribution in [-0.4, -0.2) is 74.0 Å². The Morgan fingerprint density at radius 2 is 1.83 bits per heavy atom. The number of hydrogen-bond acceptors (Lipinski definition) is 3. The van der Waals surface area contributed by atoms with Crippen LogP contribution in [0.4, 0.5) is 0 Å². The van der Waals surface area contributed by atoms with Gasteiger partial charge < -0.3 is 15.5 Å². The summed E-state index contributed by atoms with van der Waals surface area (Å²) in [5, 5.41) is 6.54. The van der Waals surface area contributed by atoms with Crippen LogP contribution in [0.1, 0.15) is 46.5 Å². The molecule has 6 heteroatoms. The largest absolute Gasteiger partial charge is 0.356 e. The summed E-state index contributed by atoms with van der Waals surface area (Å²) in [6.07, 6.45) is 4.66. The van der Waals surface area contributed by atoms with E-state index in [0.717, 1.165) is 57.9 Å². The number of carbonyl (C=O) groups is 1. The number of rotatable bonds is 6. The number of aliphatic imine (C=N–C) groups is 1. The molecule has 0 aromatic rings. The lowest BCUT2D eigenvalue weighted by molar-refractivity contribution is -0.122. The summed E-state index contributed by atoms with van der Waals surface area (Å²) in [6, 6.07) is 0.454. The lowest BCUT2D eigenvalue weighted by atomic mass is 9.91. The minimum atomic E-state index is 0.177. The van der Waals surface area contributed by atoms with Gasteiger partial charge in [-0.25, -0.2) is 0 Å². The smallest absolute Gasteiger partial charge is 0.234 e. The standard InChI is InChI=1S/C18H35N5O/c1-18(2,3)8-5-9-20-17(19-4)23-12-10-22(11-13-23)14-16(24)21-15-6-7-15/h15H,5-14H2,1-4H3,(H,19,20)(H,21,24). The van der Waals surface area contributed by atoms with Gasteiger partial charge in [-0.1, -0.05) is 20.8 Å². The first kappa shape index (κ1) is 19.0. The quantitative estimate of drug-likeness (QED) is 0.435. The van der Waals surface area contributed by atoms with Gasteiger partial charge in [0.2, 0.25) is 5.91 Å². The first-order valence-corrected chi connectivity index (χ1v) is 9.35. The molecule has 2 aliphatic rings. The van der Waals surface area contributed by atoms with E-state index in [0.29, 0.717) is 18.0 Å². The molecule has 2 rings (SSSR count). The Hall–Kier alpha value is -1.30. The summed E-state index contributed by atoms with van der Waals surface area (Å²) in [5.74, 6) is 1.17. The van der Waals surface area contributed by atoms with Crippen LogP contribution in [0.25, 0.3) is 0 Å². The molecule has 0 unspecified atom stereocenters. The molecule has 2 fully saturated rings. The summed E-state index contributed by atoms with van der Waals surface area (Å²) in [4.78, 5) is 20.8. The second kappa shape index (κ2) is 8.70. The fraction of sp³-hybridized carbons (Fsp3) is 0.889. The Labute approximate surface area is 147 Å². The molecule has 1 aliphatic carbocycles. The van der Waals surface area contributed by atoms with Gasteiger partial charge in [-0.15, -0.1) is 0 Å². The summed E-state index contributed by atoms with van der Waals surface area (Å²) in [7, 11) is 1.85. The maximum Gasteiger partial charge on any atom is 0.234 e. The minimum absolute atomic E-state index is 0.177. The Kier molecular flexibility index (Phi) is 6.90. The number of nitrogens with one attached hydrogen (secondary N) is 2. The molecule has 0 aromatic heterocycles. The maximum absolute atomic E-state index is 11.9. The van der Waals surface area contributed by atoms with Crippen molar-refractivity contribution in [3.63, 3.8) is 0 Å². The van der Waals surface area contributed by atoms with Gasteiger partial charge in [0.15, 0.2) is 5.96 Å². The lowest BCUT2D eigenvalue weighted by Crippen LogP contribution is -2.54. The third-order valence-electron chi connectivity index (χ3n) is 4.58. The van der Waals surface area contributed by atoms with E-state index >= 15 is 0 Å². The van der Waals surface area contributed by atoms with E-state index < -0.39 is 0 Å². The highest BCUT2D eigenvalue weighted by molar-refractivity contribution is 5.80. The van der Waals surface area contributed by atoms with Crippen molar-refractivity contribution >= 4 is 11.9 Å². The molecule has 24 heavy (non-hydrogen) atoms. The molecule has 0 radical (unpaired) electrons. The number of hydrogen-bond donors (Lipinski definition) is 2. The normalized spacial score (nSPS) is 20.2. The number of carbonyl (C=O) groups excluding carboxylic acids is 1. The van der Waals surface area contributed by atoms with Crippen molar-refractivity contribution in [2.45, 2.75) is 52.5 Å². The molecule has 1 aliphatic heterocycles. The Morgan fingerprint density at radius 1 is 1.17 bits per heavy atom. The van der Waals surface area contributed by atoms with Crippen LogP contribution in [0, 0.1) is 5.41 Å². The van der Waals surface area contributed by atoms with E-state index in [4.69, 9.17) is 0 Å². The van der Waals surface area contributed by atoms with E-state index in [1.165, 1.54) is 6.42 Å². The molecule has 1 saturated heterocycles. The maximum atomic E-state index is 11.9. The minimum Gasteiger partial charge on any atom is -0.356 e. The molecule has 1 heterocycles. The van der Waals surface area contributed by atoms with Gasteiger partial charge in [0.05, 0.1) is 6.54 Å². The second-order valence-corrected chi connectivity index (χ2v) is 8.24. The number of piperazine rings is 1. The molecule has 0 aromatic carbocycles. The van der Waals surface area contributed by atoms with Crippen molar-refractivity contribution in [1.29, 1.82) is 0 Å². The first-order valence-electron chi connectivity index (χ1n) is 9.35. The van der Waals surface area contributed by atoms with Gasteiger partial charge in [-0.3, -0.25) is 14.7 Å². The van der Waals surface area contributed by atoms with E-state index in [1.807, 2.05) is 7.05 Å². The fourth-order valence-electron chi connectivity index (χ4n) is 2.97. The van der Waals surface area contributed by atoms with Crippen LogP contribution in [0.3, 0.4) is 0 Å². The van der Waals surface area contributed by atoms with Crippen LogP contribution < -0.4 is 10.6 Å². The highest BCUT2D eigenvalue weighted by Gasteiger charge is 2.25. The van der Waals surface area contributed by atoms with E-state index in [2.05, 4.69) is 46.2 Å². The van der Waals surface area contributed by atoms with Crippen LogP contribution in [-0.2, 0) is 4.79 Å². The van der Waals surface area contributed by atoms with Gasteiger partial charge in [0.25, 0.3) is 0 Å². The highest BCUT2D eigenvalue weighted by Crippen LogP contribution is 2.20. The van der Waals surface area contributed by atoms with Crippen molar-refractivity contribution in [3.8, 4) is 0 Å². The van der Waals surface area contributed by atoms with Gasteiger partial charge in [-0.2, -0.15) is 0 Å². The molecule has 0 spiro atoms. The molecule has 138 valence electrons. The third-order valence-corrected chi connectivity index (χ3v) is 4.58. The van der Waals surface area contributed by atoms with Crippen LogP contribution >= 0.6 is 0 Å². The number of guanidine groups is 1. The average molecular weight is 338 g/mol. The lowest BCUT2D eigenvalue weighted by Gasteiger charge is -2.36. The Bertz CT molecular complexity index is 431. The van der Waals surface area contributed by atoms with Crippen molar-refractivity contribution in [1.82, 2.24) is 20.4 Å². The van der Waals surface area contributed by atoms with Crippen LogP contribution in [0.15, 0.2) is 4.99 Å². The van der Waals surface area contributed by atoms with Gasteiger partial charge in [0.1, 0.15) is 0 Å². The van der Waals surface area contributed by atoms with E-state index in [1.54, 1.807) is 0 Å². The Balaban J connectivity index is 1.64. The van der Waals surface area contributed by atoms with Crippen LogP contribution in [0.5, 0.6) is 0 Å². The molecule has 2 N–H and O–H groups in total. The third kappa shape index (κ3) is 7.07. The zero-order valence-corrected chi connectivity index (χ0v) is 15.9. The molecular weight excluding hydrogens is 302 g/mol. The zero-order valence-electron chi connectivity index (χ0n) is 15.9. The molecule has 1 saturated carbocycles. The molecule has 1 amide bonds. The Morgan fingerprint density at radius 3 is 2.38 bits per heavy atom. The van der Waals surface area contributed by atoms with Crippen LogP contribution in [0.2, 0.25) is 0 Å². The zero-order chi connectivity index (χ0) is 17.6. The molecule has 0 atom stereocenters. The molecular formula is C18H35N5O. The van der Waals surface area contributed by atoms with Gasteiger partial charge in [0, 0.05) is 45.8 Å². The summed E-state index contributed by atoms with van der Waals surface area (Å²) < 4.78 is 0. The van der Waals surface area contributed by atoms with Gasteiger partial charge in [-0.05, 0) is 31.1 Å². The second-order valence-electron chi connectivity index (χ2n) is 8.24. The van der Waals surface area contributed by atoms with Crippen molar-refractivity contribution in [3.05, 3.63) is 0 Å². The first-order chi connectivity index (χ1) is 11.4.